The van der Waals surface area contributed by atoms with Crippen molar-refractivity contribution in [3.63, 3.8) is 0 Å². The molecule has 0 N–H and O–H groups in total. The molecule has 6 heteroatoms. The highest BCUT2D eigenvalue weighted by molar-refractivity contribution is 8.00. The average molecular weight is 431 g/mol. The third kappa shape index (κ3) is 6.00. The zero-order chi connectivity index (χ0) is 20.6. The monoisotopic (exact) mass is 430 g/mol. The van der Waals surface area contributed by atoms with Gasteiger partial charge in [0.2, 0.25) is 5.91 Å². The summed E-state index contributed by atoms with van der Waals surface area (Å²) in [7, 11) is 0. The molecule has 2 aromatic rings. The van der Waals surface area contributed by atoms with E-state index in [4.69, 9.17) is 11.6 Å². The number of nitrogens with zero attached hydrogens (tertiary/aromatic N) is 2. The lowest BCUT2D eigenvalue weighted by molar-refractivity contribution is -0.131. The second-order valence-corrected chi connectivity index (χ2v) is 8.70. The maximum absolute atomic E-state index is 12.9. The lowest BCUT2D eigenvalue weighted by Gasteiger charge is -2.38. The third-order valence-electron chi connectivity index (χ3n) is 5.17. The first-order chi connectivity index (χ1) is 14.1. The van der Waals surface area contributed by atoms with Crippen LogP contribution in [0.15, 0.2) is 59.5 Å². The van der Waals surface area contributed by atoms with Gasteiger partial charge < -0.3 is 9.80 Å². The van der Waals surface area contributed by atoms with Gasteiger partial charge in [-0.2, -0.15) is 0 Å². The molecule has 0 atom stereocenters. The van der Waals surface area contributed by atoms with Crippen molar-refractivity contribution in [3.05, 3.63) is 65.2 Å². The SMILES string of the molecule is CCCN(C(=O)CSc1ccc(Cl)cc1)C1CCN(C(=O)c2ccccc2)CC1. The fourth-order valence-electron chi connectivity index (χ4n) is 3.65. The molecule has 2 aromatic carbocycles. The molecule has 2 amide bonds. The fraction of sp³-hybridized carbons (Fsp3) is 0.391. The maximum Gasteiger partial charge on any atom is 0.253 e. The summed E-state index contributed by atoms with van der Waals surface area (Å²) in [6.07, 6.45) is 2.59. The molecular weight excluding hydrogens is 404 g/mol. The Kier molecular flexibility index (Phi) is 8.01. The van der Waals surface area contributed by atoms with E-state index in [0.717, 1.165) is 36.3 Å². The van der Waals surface area contributed by atoms with E-state index in [9.17, 15) is 9.59 Å². The Labute approximate surface area is 182 Å². The number of carbonyl (C=O) groups excluding carboxylic acids is 2. The first kappa shape index (κ1) is 21.7. The van der Waals surface area contributed by atoms with Gasteiger partial charge in [-0.25, -0.2) is 0 Å². The first-order valence-electron chi connectivity index (χ1n) is 10.1. The number of amides is 2. The fourth-order valence-corrected chi connectivity index (χ4v) is 4.57. The number of thioether (sulfide) groups is 1. The molecule has 1 heterocycles. The van der Waals surface area contributed by atoms with Crippen LogP contribution < -0.4 is 0 Å². The number of hydrogen-bond acceptors (Lipinski definition) is 3. The van der Waals surface area contributed by atoms with Crippen molar-refractivity contribution in [1.29, 1.82) is 0 Å². The van der Waals surface area contributed by atoms with Crippen LogP contribution in [-0.2, 0) is 4.79 Å². The smallest absolute Gasteiger partial charge is 0.253 e. The number of halogens is 1. The van der Waals surface area contributed by atoms with Gasteiger partial charge in [-0.3, -0.25) is 9.59 Å². The molecule has 0 spiro atoms. The average Bonchev–Trinajstić information content (AvgIpc) is 2.77. The summed E-state index contributed by atoms with van der Waals surface area (Å²) >= 11 is 7.47. The van der Waals surface area contributed by atoms with Crippen LogP contribution in [0.2, 0.25) is 5.02 Å². The van der Waals surface area contributed by atoms with Crippen LogP contribution in [-0.4, -0.2) is 53.0 Å². The summed E-state index contributed by atoms with van der Waals surface area (Å²) in [6.45, 7) is 4.24. The Morgan fingerprint density at radius 1 is 1.07 bits per heavy atom. The van der Waals surface area contributed by atoms with Crippen molar-refractivity contribution in [3.8, 4) is 0 Å². The van der Waals surface area contributed by atoms with Crippen molar-refractivity contribution in [2.45, 2.75) is 37.1 Å². The number of rotatable bonds is 7. The van der Waals surface area contributed by atoms with Gasteiger partial charge in [-0.1, -0.05) is 36.7 Å². The number of likely N-dealkylation sites (tertiary alicyclic amines) is 1. The first-order valence-corrected chi connectivity index (χ1v) is 11.5. The minimum absolute atomic E-state index is 0.0794. The predicted octanol–water partition coefficient (Wildman–Crippen LogP) is 4.98. The molecule has 1 saturated heterocycles. The molecule has 0 unspecified atom stereocenters. The van der Waals surface area contributed by atoms with Crippen LogP contribution in [0.3, 0.4) is 0 Å². The van der Waals surface area contributed by atoms with E-state index in [1.165, 1.54) is 0 Å². The number of piperidine rings is 1. The van der Waals surface area contributed by atoms with Crippen LogP contribution in [0.4, 0.5) is 0 Å². The van der Waals surface area contributed by atoms with Crippen molar-refractivity contribution in [1.82, 2.24) is 9.80 Å². The highest BCUT2D eigenvalue weighted by Gasteiger charge is 2.29. The summed E-state index contributed by atoms with van der Waals surface area (Å²) in [4.78, 5) is 30.5. The van der Waals surface area contributed by atoms with E-state index in [1.54, 1.807) is 11.8 Å². The summed E-state index contributed by atoms with van der Waals surface area (Å²) in [5.74, 6) is 0.667. The molecule has 3 rings (SSSR count). The van der Waals surface area contributed by atoms with Crippen LogP contribution in [0.5, 0.6) is 0 Å². The van der Waals surface area contributed by atoms with E-state index in [2.05, 4.69) is 6.92 Å². The second-order valence-electron chi connectivity index (χ2n) is 7.22. The van der Waals surface area contributed by atoms with Gasteiger partial charge in [0, 0.05) is 41.2 Å². The zero-order valence-electron chi connectivity index (χ0n) is 16.7. The topological polar surface area (TPSA) is 40.6 Å². The Bertz CT molecular complexity index is 805. The van der Waals surface area contributed by atoms with E-state index < -0.39 is 0 Å². The molecule has 1 fully saturated rings. The molecule has 4 nitrogen and oxygen atoms in total. The Balaban J connectivity index is 1.55. The number of hydrogen-bond donors (Lipinski definition) is 0. The maximum atomic E-state index is 12.9. The quantitative estimate of drug-likeness (QED) is 0.582. The minimum Gasteiger partial charge on any atom is -0.339 e. The highest BCUT2D eigenvalue weighted by Crippen LogP contribution is 2.23. The van der Waals surface area contributed by atoms with E-state index >= 15 is 0 Å². The van der Waals surface area contributed by atoms with E-state index in [-0.39, 0.29) is 17.9 Å². The van der Waals surface area contributed by atoms with Crippen LogP contribution >= 0.6 is 23.4 Å². The largest absolute Gasteiger partial charge is 0.339 e. The third-order valence-corrected chi connectivity index (χ3v) is 6.42. The van der Waals surface area contributed by atoms with E-state index in [0.29, 0.717) is 23.9 Å². The Morgan fingerprint density at radius 2 is 1.72 bits per heavy atom. The molecule has 0 saturated carbocycles. The van der Waals surface area contributed by atoms with Gasteiger partial charge >= 0.3 is 0 Å². The standard InChI is InChI=1S/C23H27ClN2O2S/c1-2-14-26(22(27)17-29-21-10-8-19(24)9-11-21)20-12-15-25(16-13-20)23(28)18-6-4-3-5-7-18/h3-11,20H,2,12-17H2,1H3. The van der Waals surface area contributed by atoms with Gasteiger partial charge in [0.25, 0.3) is 5.91 Å². The van der Waals surface area contributed by atoms with Crippen molar-refractivity contribution in [2.24, 2.45) is 0 Å². The molecule has 1 aliphatic rings. The molecule has 29 heavy (non-hydrogen) atoms. The molecule has 154 valence electrons. The summed E-state index contributed by atoms with van der Waals surface area (Å²) in [5, 5.41) is 0.699. The van der Waals surface area contributed by atoms with Gasteiger partial charge in [0.15, 0.2) is 0 Å². The molecule has 0 aromatic heterocycles. The highest BCUT2D eigenvalue weighted by atomic mass is 35.5. The number of benzene rings is 2. The van der Waals surface area contributed by atoms with E-state index in [1.807, 2.05) is 64.4 Å². The molecular formula is C23H27ClN2O2S. The summed E-state index contributed by atoms with van der Waals surface area (Å²) in [5.41, 5.74) is 0.729. The van der Waals surface area contributed by atoms with Crippen molar-refractivity contribution < 1.29 is 9.59 Å². The van der Waals surface area contributed by atoms with Crippen LogP contribution in [0.1, 0.15) is 36.5 Å². The van der Waals surface area contributed by atoms with Crippen molar-refractivity contribution in [2.75, 3.05) is 25.4 Å². The molecule has 1 aliphatic heterocycles. The van der Waals surface area contributed by atoms with Crippen LogP contribution in [0.25, 0.3) is 0 Å². The van der Waals surface area contributed by atoms with Crippen molar-refractivity contribution >= 4 is 35.2 Å². The normalized spacial score (nSPS) is 14.6. The predicted molar refractivity (Wildman–Crippen MR) is 120 cm³/mol. The van der Waals surface area contributed by atoms with Gasteiger partial charge in [-0.05, 0) is 55.7 Å². The minimum atomic E-state index is 0.0794. The lowest BCUT2D eigenvalue weighted by Crippen LogP contribution is -2.49. The Hall–Kier alpha value is -1.98. The lowest BCUT2D eigenvalue weighted by atomic mass is 10.0. The van der Waals surface area contributed by atoms with Gasteiger partial charge in [-0.15, -0.1) is 11.8 Å². The van der Waals surface area contributed by atoms with Gasteiger partial charge in [0.1, 0.15) is 0 Å². The van der Waals surface area contributed by atoms with Crippen LogP contribution in [0, 0.1) is 0 Å². The Morgan fingerprint density at radius 3 is 2.34 bits per heavy atom. The molecule has 0 radical (unpaired) electrons. The zero-order valence-corrected chi connectivity index (χ0v) is 18.3. The molecule has 0 bridgehead atoms. The second kappa shape index (κ2) is 10.7. The molecule has 0 aliphatic carbocycles. The number of carbonyl (C=O) groups is 2. The summed E-state index contributed by atoms with van der Waals surface area (Å²) in [6, 6.07) is 17.2. The van der Waals surface area contributed by atoms with Gasteiger partial charge in [0.05, 0.1) is 5.75 Å². The summed E-state index contributed by atoms with van der Waals surface area (Å²) < 4.78 is 0.